The normalized spacial score (nSPS) is 20.1. The number of thioether (sulfide) groups is 1. The van der Waals surface area contributed by atoms with Crippen LogP contribution in [0, 0.1) is 11.7 Å². The number of rotatable bonds is 6. The van der Waals surface area contributed by atoms with E-state index in [4.69, 9.17) is 5.11 Å². The predicted molar refractivity (Wildman–Crippen MR) is 78.0 cm³/mol. The molecule has 0 aliphatic carbocycles. The smallest absolute Gasteiger partial charge is 0.137 e. The van der Waals surface area contributed by atoms with Gasteiger partial charge in [-0.2, -0.15) is 0 Å². The van der Waals surface area contributed by atoms with Crippen molar-refractivity contribution < 1.29 is 9.50 Å². The van der Waals surface area contributed by atoms with Crippen molar-refractivity contribution in [1.82, 2.24) is 5.32 Å². The molecule has 2 rings (SSSR count). The summed E-state index contributed by atoms with van der Waals surface area (Å²) in [6.45, 7) is 3.28. The lowest BCUT2D eigenvalue weighted by atomic mass is 9.99. The third kappa shape index (κ3) is 3.71. The molecule has 2 atom stereocenters. The summed E-state index contributed by atoms with van der Waals surface area (Å²) in [7, 11) is 0. The average Bonchev–Trinajstić information content (AvgIpc) is 2.44. The van der Waals surface area contributed by atoms with Crippen LogP contribution < -0.4 is 5.32 Å². The number of halogens is 1. The molecular weight excluding hydrogens is 261 g/mol. The van der Waals surface area contributed by atoms with Gasteiger partial charge in [0.05, 0.1) is 0 Å². The predicted octanol–water partition coefficient (Wildman–Crippen LogP) is 3.36. The summed E-state index contributed by atoms with van der Waals surface area (Å²) in [6, 6.07) is 5.60. The van der Waals surface area contributed by atoms with Gasteiger partial charge in [0.15, 0.2) is 0 Å². The number of nitrogens with one attached hydrogen (secondary N) is 1. The molecule has 1 aromatic rings. The highest BCUT2D eigenvalue weighted by Gasteiger charge is 2.23. The van der Waals surface area contributed by atoms with E-state index in [-0.39, 0.29) is 18.5 Å². The van der Waals surface area contributed by atoms with Gasteiger partial charge >= 0.3 is 0 Å². The molecule has 4 heteroatoms. The van der Waals surface area contributed by atoms with E-state index in [1.54, 1.807) is 17.8 Å². The standard InChI is InChI=1S/C15H22FNOS/c1-2-11(6-8-18)10-17-14-7-9-19-15-12(14)4-3-5-13(15)16/h3-5,11,14,17-18H,2,6-10H2,1H3. The van der Waals surface area contributed by atoms with Crippen molar-refractivity contribution in [3.8, 4) is 0 Å². The quantitative estimate of drug-likeness (QED) is 0.839. The minimum atomic E-state index is -0.101. The molecule has 2 unspecified atom stereocenters. The fourth-order valence-electron chi connectivity index (χ4n) is 2.54. The topological polar surface area (TPSA) is 32.3 Å². The van der Waals surface area contributed by atoms with Gasteiger partial charge in [0.25, 0.3) is 0 Å². The maximum Gasteiger partial charge on any atom is 0.137 e. The van der Waals surface area contributed by atoms with Gasteiger partial charge in [-0.25, -0.2) is 4.39 Å². The number of hydrogen-bond donors (Lipinski definition) is 2. The minimum Gasteiger partial charge on any atom is -0.396 e. The lowest BCUT2D eigenvalue weighted by molar-refractivity contribution is 0.248. The highest BCUT2D eigenvalue weighted by molar-refractivity contribution is 7.99. The van der Waals surface area contributed by atoms with E-state index in [1.807, 2.05) is 6.07 Å². The minimum absolute atomic E-state index is 0.101. The van der Waals surface area contributed by atoms with Crippen molar-refractivity contribution in [2.24, 2.45) is 5.92 Å². The molecule has 0 bridgehead atoms. The van der Waals surface area contributed by atoms with Crippen LogP contribution in [-0.2, 0) is 0 Å². The zero-order chi connectivity index (χ0) is 13.7. The van der Waals surface area contributed by atoms with Crippen molar-refractivity contribution >= 4 is 11.8 Å². The van der Waals surface area contributed by atoms with Gasteiger partial charge < -0.3 is 10.4 Å². The van der Waals surface area contributed by atoms with Crippen LogP contribution in [0.25, 0.3) is 0 Å². The SMILES string of the molecule is CCC(CCO)CNC1CCSc2c(F)cccc21. The van der Waals surface area contributed by atoms with Gasteiger partial charge in [-0.1, -0.05) is 25.5 Å². The van der Waals surface area contributed by atoms with E-state index in [1.165, 1.54) is 6.07 Å². The molecule has 1 aliphatic heterocycles. The first kappa shape index (κ1) is 14.8. The highest BCUT2D eigenvalue weighted by Crippen LogP contribution is 2.37. The van der Waals surface area contributed by atoms with Crippen LogP contribution in [0.15, 0.2) is 23.1 Å². The first-order valence-electron chi connectivity index (χ1n) is 7.01. The van der Waals surface area contributed by atoms with Gasteiger partial charge in [-0.05, 0) is 42.7 Å². The molecule has 106 valence electrons. The van der Waals surface area contributed by atoms with Gasteiger partial charge in [0.2, 0.25) is 0 Å². The Kier molecular flexibility index (Phi) is 5.67. The number of aliphatic hydroxyl groups excluding tert-OH is 1. The van der Waals surface area contributed by atoms with Crippen molar-refractivity contribution in [3.05, 3.63) is 29.6 Å². The van der Waals surface area contributed by atoms with E-state index in [0.29, 0.717) is 5.92 Å². The van der Waals surface area contributed by atoms with Crippen LogP contribution in [-0.4, -0.2) is 24.0 Å². The van der Waals surface area contributed by atoms with Crippen LogP contribution in [0.1, 0.15) is 37.8 Å². The number of aliphatic hydroxyl groups is 1. The summed E-state index contributed by atoms with van der Waals surface area (Å²) in [5.41, 5.74) is 1.09. The molecule has 0 saturated carbocycles. The van der Waals surface area contributed by atoms with Crippen LogP contribution in [0.5, 0.6) is 0 Å². The second-order valence-electron chi connectivity index (χ2n) is 5.04. The fourth-order valence-corrected chi connectivity index (χ4v) is 3.68. The molecule has 2 nitrogen and oxygen atoms in total. The van der Waals surface area contributed by atoms with Crippen molar-refractivity contribution in [3.63, 3.8) is 0 Å². The summed E-state index contributed by atoms with van der Waals surface area (Å²) in [5.74, 6) is 1.36. The molecular formula is C15H22FNOS. The molecule has 2 N–H and O–H groups in total. The highest BCUT2D eigenvalue weighted by atomic mass is 32.2. The largest absolute Gasteiger partial charge is 0.396 e. The van der Waals surface area contributed by atoms with E-state index >= 15 is 0 Å². The number of hydrogen-bond acceptors (Lipinski definition) is 3. The zero-order valence-electron chi connectivity index (χ0n) is 11.4. The van der Waals surface area contributed by atoms with Gasteiger partial charge in [0, 0.05) is 17.5 Å². The molecule has 19 heavy (non-hydrogen) atoms. The van der Waals surface area contributed by atoms with E-state index in [9.17, 15) is 4.39 Å². The van der Waals surface area contributed by atoms with Crippen LogP contribution in [0.2, 0.25) is 0 Å². The van der Waals surface area contributed by atoms with E-state index in [2.05, 4.69) is 12.2 Å². The Bertz CT molecular complexity index is 413. The fraction of sp³-hybridized carbons (Fsp3) is 0.600. The third-order valence-corrected chi connectivity index (χ3v) is 4.95. The maximum absolute atomic E-state index is 13.7. The lowest BCUT2D eigenvalue weighted by Gasteiger charge is -2.28. The van der Waals surface area contributed by atoms with Crippen molar-refractivity contribution in [2.75, 3.05) is 18.9 Å². The molecule has 0 fully saturated rings. The number of fused-ring (bicyclic) bond motifs is 1. The summed E-state index contributed by atoms with van der Waals surface area (Å²) < 4.78 is 13.7. The van der Waals surface area contributed by atoms with Crippen molar-refractivity contribution in [1.29, 1.82) is 0 Å². The third-order valence-electron chi connectivity index (χ3n) is 3.79. The Morgan fingerprint density at radius 1 is 1.53 bits per heavy atom. The van der Waals surface area contributed by atoms with E-state index < -0.39 is 0 Å². The summed E-state index contributed by atoms with van der Waals surface area (Å²) in [4.78, 5) is 0.807. The van der Waals surface area contributed by atoms with Gasteiger partial charge in [-0.3, -0.25) is 0 Å². The number of benzene rings is 1. The second-order valence-corrected chi connectivity index (χ2v) is 6.15. The lowest BCUT2D eigenvalue weighted by Crippen LogP contribution is -2.30. The molecule has 0 spiro atoms. The Morgan fingerprint density at radius 3 is 3.11 bits per heavy atom. The molecule has 1 aliphatic rings. The molecule has 1 heterocycles. The first-order valence-corrected chi connectivity index (χ1v) is 8.00. The molecule has 1 aromatic carbocycles. The monoisotopic (exact) mass is 283 g/mol. The second kappa shape index (κ2) is 7.27. The summed E-state index contributed by atoms with van der Waals surface area (Å²) in [5, 5.41) is 12.6. The van der Waals surface area contributed by atoms with E-state index in [0.717, 1.165) is 42.0 Å². The molecule has 0 amide bonds. The summed E-state index contributed by atoms with van der Waals surface area (Å²) >= 11 is 1.61. The average molecular weight is 283 g/mol. The first-order chi connectivity index (χ1) is 9.26. The van der Waals surface area contributed by atoms with Crippen LogP contribution in [0.3, 0.4) is 0 Å². The Hall–Kier alpha value is -0.580. The van der Waals surface area contributed by atoms with Crippen LogP contribution in [0.4, 0.5) is 4.39 Å². The molecule has 0 saturated heterocycles. The summed E-state index contributed by atoms with van der Waals surface area (Å²) in [6.07, 6.45) is 2.93. The zero-order valence-corrected chi connectivity index (χ0v) is 12.2. The Labute approximate surface area is 118 Å². The molecule has 0 aromatic heterocycles. The van der Waals surface area contributed by atoms with Gasteiger partial charge in [0.1, 0.15) is 5.82 Å². The van der Waals surface area contributed by atoms with Crippen molar-refractivity contribution in [2.45, 2.75) is 37.1 Å². The Balaban J connectivity index is 2.01. The Morgan fingerprint density at radius 2 is 2.37 bits per heavy atom. The van der Waals surface area contributed by atoms with Gasteiger partial charge in [-0.15, -0.1) is 11.8 Å². The molecule has 0 radical (unpaired) electrons. The maximum atomic E-state index is 13.7. The van der Waals surface area contributed by atoms with Crippen LogP contribution >= 0.6 is 11.8 Å².